The van der Waals surface area contributed by atoms with Crippen LogP contribution in [0, 0.1) is 5.82 Å². The highest BCUT2D eigenvalue weighted by atomic mass is 79.9. The van der Waals surface area contributed by atoms with Crippen molar-refractivity contribution in [1.29, 1.82) is 0 Å². The second-order valence-corrected chi connectivity index (χ2v) is 9.10. The van der Waals surface area contributed by atoms with E-state index in [4.69, 9.17) is 0 Å². The zero-order valence-electron chi connectivity index (χ0n) is 17.8. The molecule has 1 aliphatic rings. The summed E-state index contributed by atoms with van der Waals surface area (Å²) in [6.45, 7) is 1.35. The molecule has 1 amide bonds. The zero-order chi connectivity index (χ0) is 22.8. The number of aromatic nitrogens is 3. The fraction of sp³-hybridized carbons (Fsp3) is 0.192. The quantitative estimate of drug-likeness (QED) is 0.367. The molecule has 2 aromatic carbocycles. The molecule has 0 spiro atoms. The van der Waals surface area contributed by atoms with E-state index >= 15 is 0 Å². The van der Waals surface area contributed by atoms with Crippen molar-refractivity contribution in [2.45, 2.75) is 18.8 Å². The van der Waals surface area contributed by atoms with Gasteiger partial charge in [0.15, 0.2) is 0 Å². The normalized spacial score (nSPS) is 14.4. The van der Waals surface area contributed by atoms with E-state index in [9.17, 15) is 9.18 Å². The maximum absolute atomic E-state index is 13.5. The van der Waals surface area contributed by atoms with Crippen LogP contribution in [0.4, 0.5) is 4.39 Å². The molecule has 4 aromatic rings. The first-order valence-corrected chi connectivity index (χ1v) is 11.7. The molecule has 0 atom stereocenters. The van der Waals surface area contributed by atoms with Crippen molar-refractivity contribution in [2.75, 3.05) is 13.1 Å². The minimum atomic E-state index is -0.276. The van der Waals surface area contributed by atoms with E-state index in [0.717, 1.165) is 45.4 Å². The van der Waals surface area contributed by atoms with E-state index in [1.54, 1.807) is 24.5 Å². The maximum Gasteiger partial charge on any atom is 0.253 e. The van der Waals surface area contributed by atoms with Crippen LogP contribution in [0.5, 0.6) is 0 Å². The third-order valence-electron chi connectivity index (χ3n) is 6.14. The van der Waals surface area contributed by atoms with Crippen LogP contribution < -0.4 is 0 Å². The number of likely N-dealkylation sites (tertiary alicyclic amines) is 1. The Balaban J connectivity index is 1.42. The van der Waals surface area contributed by atoms with Gasteiger partial charge in [0.05, 0.1) is 0 Å². The average molecular weight is 505 g/mol. The smallest absolute Gasteiger partial charge is 0.253 e. The number of benzene rings is 2. The molecule has 1 fully saturated rings. The Morgan fingerprint density at radius 1 is 1.00 bits per heavy atom. The Hall–Kier alpha value is -3.32. The third kappa shape index (κ3) is 4.46. The van der Waals surface area contributed by atoms with Crippen molar-refractivity contribution in [3.05, 3.63) is 94.6 Å². The molecule has 1 aliphatic heterocycles. The zero-order valence-corrected chi connectivity index (χ0v) is 19.4. The van der Waals surface area contributed by atoms with Crippen molar-refractivity contribution >= 4 is 21.8 Å². The number of H-pyrrole nitrogens is 1. The first kappa shape index (κ1) is 21.5. The Kier molecular flexibility index (Phi) is 6.05. The van der Waals surface area contributed by atoms with Crippen molar-refractivity contribution in [3.63, 3.8) is 0 Å². The van der Waals surface area contributed by atoms with Crippen molar-refractivity contribution in [2.24, 2.45) is 0 Å². The summed E-state index contributed by atoms with van der Waals surface area (Å²) in [5.41, 5.74) is 5.42. The van der Waals surface area contributed by atoms with Gasteiger partial charge >= 0.3 is 0 Å². The topological polar surface area (TPSA) is 61.9 Å². The van der Waals surface area contributed by atoms with Crippen molar-refractivity contribution < 1.29 is 9.18 Å². The number of piperidine rings is 1. The number of pyridine rings is 1. The van der Waals surface area contributed by atoms with Gasteiger partial charge in [0.2, 0.25) is 0 Å². The summed E-state index contributed by atoms with van der Waals surface area (Å²) >= 11 is 3.44. The van der Waals surface area contributed by atoms with Gasteiger partial charge in [-0.25, -0.2) is 4.39 Å². The van der Waals surface area contributed by atoms with Crippen LogP contribution in [0.1, 0.15) is 34.8 Å². The van der Waals surface area contributed by atoms with Gasteiger partial charge in [0.25, 0.3) is 5.91 Å². The number of rotatable bonds is 4. The molecular weight excluding hydrogens is 483 g/mol. The molecule has 5 nitrogen and oxygen atoms in total. The highest BCUT2D eigenvalue weighted by molar-refractivity contribution is 9.10. The number of carbonyl (C=O) groups is 1. The molecule has 1 saturated heterocycles. The highest BCUT2D eigenvalue weighted by Gasteiger charge is 2.29. The molecule has 0 aliphatic carbocycles. The van der Waals surface area contributed by atoms with Gasteiger partial charge in [-0.2, -0.15) is 5.10 Å². The van der Waals surface area contributed by atoms with Crippen LogP contribution in [-0.4, -0.2) is 39.1 Å². The average Bonchev–Trinajstić information content (AvgIpc) is 3.30. The first-order chi connectivity index (χ1) is 16.1. The lowest BCUT2D eigenvalue weighted by Gasteiger charge is -2.32. The number of aromatic amines is 1. The molecule has 0 saturated carbocycles. The molecular formula is C26H22BrFN4O. The van der Waals surface area contributed by atoms with E-state index in [1.165, 1.54) is 12.1 Å². The largest absolute Gasteiger partial charge is 0.339 e. The van der Waals surface area contributed by atoms with E-state index in [-0.39, 0.29) is 17.6 Å². The summed E-state index contributed by atoms with van der Waals surface area (Å²) in [6, 6.07) is 17.8. The van der Waals surface area contributed by atoms with Crippen LogP contribution in [0.3, 0.4) is 0 Å². The fourth-order valence-corrected chi connectivity index (χ4v) is 4.85. The number of amides is 1. The van der Waals surface area contributed by atoms with Gasteiger partial charge in [-0.05, 0) is 73.0 Å². The standard InChI is InChI=1S/C26H22BrFN4O/c27-21-3-1-2-20(16-21)26(33)32-14-10-19(11-15-32)25-23(17-8-12-29-13-9-17)24(30-31-25)18-4-6-22(28)7-5-18/h1-9,12-13,16,19H,10-11,14-15H2,(H,30,31). The van der Waals surface area contributed by atoms with Gasteiger partial charge < -0.3 is 4.90 Å². The second-order valence-electron chi connectivity index (χ2n) is 8.18. The predicted octanol–water partition coefficient (Wildman–Crippen LogP) is 6.06. The maximum atomic E-state index is 13.5. The van der Waals surface area contributed by atoms with Crippen molar-refractivity contribution in [3.8, 4) is 22.4 Å². The minimum Gasteiger partial charge on any atom is -0.339 e. The summed E-state index contributed by atoms with van der Waals surface area (Å²) < 4.78 is 14.4. The number of hydrogen-bond acceptors (Lipinski definition) is 3. The Bertz CT molecular complexity index is 1270. The Labute approximate surface area is 199 Å². The number of halogens is 2. The molecule has 7 heteroatoms. The number of nitrogens with zero attached hydrogens (tertiary/aromatic N) is 3. The van der Waals surface area contributed by atoms with E-state index in [2.05, 4.69) is 31.1 Å². The predicted molar refractivity (Wildman–Crippen MR) is 129 cm³/mol. The third-order valence-corrected chi connectivity index (χ3v) is 6.64. The molecule has 0 radical (unpaired) electrons. The fourth-order valence-electron chi connectivity index (χ4n) is 4.45. The van der Waals surface area contributed by atoms with Crippen LogP contribution in [-0.2, 0) is 0 Å². The Morgan fingerprint density at radius 2 is 1.73 bits per heavy atom. The van der Waals surface area contributed by atoms with Gasteiger partial charge in [-0.3, -0.25) is 14.9 Å². The van der Waals surface area contributed by atoms with Gasteiger partial charge in [-0.1, -0.05) is 22.0 Å². The van der Waals surface area contributed by atoms with Crippen LogP contribution in [0.2, 0.25) is 0 Å². The summed E-state index contributed by atoms with van der Waals surface area (Å²) in [6.07, 6.45) is 5.20. The second kappa shape index (κ2) is 9.27. The van der Waals surface area contributed by atoms with Crippen LogP contribution in [0.15, 0.2) is 77.5 Å². The lowest BCUT2D eigenvalue weighted by Crippen LogP contribution is -2.38. The number of nitrogens with one attached hydrogen (secondary N) is 1. The van der Waals surface area contributed by atoms with E-state index < -0.39 is 0 Å². The summed E-state index contributed by atoms with van der Waals surface area (Å²) in [5, 5.41) is 7.89. The minimum absolute atomic E-state index is 0.0562. The van der Waals surface area contributed by atoms with E-state index in [1.807, 2.05) is 41.3 Å². The number of hydrogen-bond donors (Lipinski definition) is 1. The van der Waals surface area contributed by atoms with Crippen LogP contribution >= 0.6 is 15.9 Å². The molecule has 33 heavy (non-hydrogen) atoms. The molecule has 0 unspecified atom stereocenters. The van der Waals surface area contributed by atoms with Gasteiger partial charge in [0.1, 0.15) is 11.5 Å². The summed E-state index contributed by atoms with van der Waals surface area (Å²) in [7, 11) is 0. The number of carbonyl (C=O) groups excluding carboxylic acids is 1. The molecule has 2 aromatic heterocycles. The SMILES string of the molecule is O=C(c1cccc(Br)c1)N1CCC(c2[nH]nc(-c3ccc(F)cc3)c2-c2ccncc2)CC1. The van der Waals surface area contributed by atoms with Crippen molar-refractivity contribution in [1.82, 2.24) is 20.1 Å². The summed E-state index contributed by atoms with van der Waals surface area (Å²) in [5.74, 6) is 0.0181. The van der Waals surface area contributed by atoms with Crippen LogP contribution in [0.25, 0.3) is 22.4 Å². The lowest BCUT2D eigenvalue weighted by atomic mass is 9.87. The monoisotopic (exact) mass is 504 g/mol. The molecule has 0 bridgehead atoms. The molecule has 3 heterocycles. The molecule has 5 rings (SSSR count). The summed E-state index contributed by atoms with van der Waals surface area (Å²) in [4.78, 5) is 19.0. The molecule has 1 N–H and O–H groups in total. The Morgan fingerprint density at radius 3 is 2.42 bits per heavy atom. The molecule has 166 valence electrons. The van der Waals surface area contributed by atoms with E-state index in [0.29, 0.717) is 18.7 Å². The highest BCUT2D eigenvalue weighted by Crippen LogP contribution is 2.39. The first-order valence-electron chi connectivity index (χ1n) is 10.9. The van der Waals surface area contributed by atoms with Gasteiger partial charge in [-0.15, -0.1) is 0 Å². The van der Waals surface area contributed by atoms with Gasteiger partial charge in [0, 0.05) is 58.3 Å². The lowest BCUT2D eigenvalue weighted by molar-refractivity contribution is 0.0712.